The lowest BCUT2D eigenvalue weighted by Crippen LogP contribution is -2.54. The molecular weight excluding hydrogens is 300 g/mol. The predicted molar refractivity (Wildman–Crippen MR) is 82.8 cm³/mol. The van der Waals surface area contributed by atoms with Gasteiger partial charge in [0.2, 0.25) is 5.91 Å². The molecule has 2 heterocycles. The molecule has 2 rings (SSSR count). The van der Waals surface area contributed by atoms with Gasteiger partial charge in [0.15, 0.2) is 0 Å². The van der Waals surface area contributed by atoms with Gasteiger partial charge < -0.3 is 20.1 Å². The van der Waals surface area contributed by atoms with Gasteiger partial charge in [-0.05, 0) is 46.0 Å². The highest BCUT2D eigenvalue weighted by atomic mass is 16.6. The molecule has 23 heavy (non-hydrogen) atoms. The number of ether oxygens (including phenoxy) is 1. The average Bonchev–Trinajstić information content (AvgIpc) is 2.45. The van der Waals surface area contributed by atoms with Crippen molar-refractivity contribution in [3.8, 4) is 0 Å². The van der Waals surface area contributed by atoms with Crippen molar-refractivity contribution in [1.82, 2.24) is 10.2 Å². The SMILES string of the molecule is CC(C)(C)OC(=O)N1C[C@@H](C(=O)O)C[C@@H]([C@H]2CCCC(=O)N2)C1. The number of likely N-dealkylation sites (tertiary alicyclic amines) is 1. The molecule has 2 aliphatic rings. The van der Waals surface area contributed by atoms with Gasteiger partial charge in [-0.15, -0.1) is 0 Å². The number of carboxylic acids is 1. The number of carboxylic acid groups (broad SMARTS) is 1. The third kappa shape index (κ3) is 4.84. The van der Waals surface area contributed by atoms with E-state index in [-0.39, 0.29) is 24.4 Å². The fourth-order valence-corrected chi connectivity index (χ4v) is 3.27. The lowest BCUT2D eigenvalue weighted by atomic mass is 9.81. The minimum Gasteiger partial charge on any atom is -0.481 e. The van der Waals surface area contributed by atoms with Crippen LogP contribution in [0.3, 0.4) is 0 Å². The van der Waals surface area contributed by atoms with Crippen molar-refractivity contribution >= 4 is 18.0 Å². The van der Waals surface area contributed by atoms with Crippen LogP contribution in [-0.4, -0.2) is 52.7 Å². The Morgan fingerprint density at radius 2 is 2.00 bits per heavy atom. The average molecular weight is 326 g/mol. The zero-order chi connectivity index (χ0) is 17.2. The van der Waals surface area contributed by atoms with Crippen molar-refractivity contribution in [3.05, 3.63) is 0 Å². The molecule has 2 aliphatic heterocycles. The Hall–Kier alpha value is -1.79. The van der Waals surface area contributed by atoms with Gasteiger partial charge in [0, 0.05) is 25.6 Å². The van der Waals surface area contributed by atoms with Gasteiger partial charge >= 0.3 is 12.1 Å². The zero-order valence-electron chi connectivity index (χ0n) is 14.0. The first kappa shape index (κ1) is 17.6. The molecular formula is C16H26N2O5. The number of nitrogens with one attached hydrogen (secondary N) is 1. The molecule has 2 saturated heterocycles. The number of amides is 2. The van der Waals surface area contributed by atoms with Crippen LogP contribution in [0.2, 0.25) is 0 Å². The third-order valence-electron chi connectivity index (χ3n) is 4.32. The van der Waals surface area contributed by atoms with Crippen molar-refractivity contribution in [2.24, 2.45) is 11.8 Å². The van der Waals surface area contributed by atoms with Crippen LogP contribution in [0.1, 0.15) is 46.5 Å². The number of hydrogen-bond donors (Lipinski definition) is 2. The van der Waals surface area contributed by atoms with Gasteiger partial charge in [-0.2, -0.15) is 0 Å². The van der Waals surface area contributed by atoms with Gasteiger partial charge in [0.25, 0.3) is 0 Å². The predicted octanol–water partition coefficient (Wildman–Crippen LogP) is 1.61. The highest BCUT2D eigenvalue weighted by Crippen LogP contribution is 2.29. The maximum absolute atomic E-state index is 12.3. The summed E-state index contributed by atoms with van der Waals surface area (Å²) in [6.45, 7) is 5.91. The van der Waals surface area contributed by atoms with Crippen molar-refractivity contribution in [2.45, 2.75) is 58.1 Å². The number of nitrogens with zero attached hydrogens (tertiary/aromatic N) is 1. The number of carbonyl (C=O) groups is 3. The number of carbonyl (C=O) groups excluding carboxylic acids is 2. The quantitative estimate of drug-likeness (QED) is 0.804. The summed E-state index contributed by atoms with van der Waals surface area (Å²) in [5, 5.41) is 12.3. The normalized spacial score (nSPS) is 28.9. The van der Waals surface area contributed by atoms with E-state index in [1.54, 1.807) is 20.8 Å². The van der Waals surface area contributed by atoms with E-state index in [0.717, 1.165) is 12.8 Å². The van der Waals surface area contributed by atoms with Crippen LogP contribution in [0.4, 0.5) is 4.79 Å². The Bertz CT molecular complexity index is 485. The zero-order valence-corrected chi connectivity index (χ0v) is 14.0. The Labute approximate surface area is 136 Å². The Morgan fingerprint density at radius 3 is 2.57 bits per heavy atom. The van der Waals surface area contributed by atoms with Crippen LogP contribution in [0.5, 0.6) is 0 Å². The van der Waals surface area contributed by atoms with Crippen LogP contribution < -0.4 is 5.32 Å². The molecule has 0 radical (unpaired) electrons. The number of aliphatic carboxylic acids is 1. The van der Waals surface area contributed by atoms with Crippen LogP contribution in [0.15, 0.2) is 0 Å². The van der Waals surface area contributed by atoms with E-state index >= 15 is 0 Å². The number of hydrogen-bond acceptors (Lipinski definition) is 4. The maximum Gasteiger partial charge on any atom is 0.410 e. The second kappa shape index (κ2) is 6.76. The summed E-state index contributed by atoms with van der Waals surface area (Å²) in [7, 11) is 0. The Morgan fingerprint density at radius 1 is 1.30 bits per heavy atom. The van der Waals surface area contributed by atoms with Crippen molar-refractivity contribution in [2.75, 3.05) is 13.1 Å². The summed E-state index contributed by atoms with van der Waals surface area (Å²) in [6.07, 6.45) is 2.12. The standard InChI is InChI=1S/C16H26N2O5/c1-16(2,3)23-15(22)18-8-10(7-11(9-18)14(20)21)12-5-4-6-13(19)17-12/h10-12H,4-9H2,1-3H3,(H,17,19)(H,20,21)/t10-,11+,12-/m1/s1. The molecule has 0 bridgehead atoms. The molecule has 0 aromatic heterocycles. The summed E-state index contributed by atoms with van der Waals surface area (Å²) >= 11 is 0. The first-order valence-electron chi connectivity index (χ1n) is 8.16. The minimum absolute atomic E-state index is 0.00233. The number of rotatable bonds is 2. The fraction of sp³-hybridized carbons (Fsp3) is 0.812. The largest absolute Gasteiger partial charge is 0.481 e. The molecule has 7 nitrogen and oxygen atoms in total. The lowest BCUT2D eigenvalue weighted by Gasteiger charge is -2.41. The summed E-state index contributed by atoms with van der Waals surface area (Å²) in [6, 6.07) is -0.0664. The van der Waals surface area contributed by atoms with Gasteiger partial charge in [-0.25, -0.2) is 4.79 Å². The van der Waals surface area contributed by atoms with E-state index in [0.29, 0.717) is 19.4 Å². The third-order valence-corrected chi connectivity index (χ3v) is 4.32. The smallest absolute Gasteiger partial charge is 0.410 e. The molecule has 0 aromatic rings. The van der Waals surface area contributed by atoms with E-state index in [1.807, 2.05) is 0 Å². The van der Waals surface area contributed by atoms with E-state index in [1.165, 1.54) is 4.90 Å². The fourth-order valence-electron chi connectivity index (χ4n) is 3.27. The van der Waals surface area contributed by atoms with Crippen molar-refractivity contribution in [3.63, 3.8) is 0 Å². The van der Waals surface area contributed by atoms with E-state index in [4.69, 9.17) is 4.74 Å². The van der Waals surface area contributed by atoms with E-state index in [2.05, 4.69) is 5.32 Å². The van der Waals surface area contributed by atoms with E-state index in [9.17, 15) is 19.5 Å². The van der Waals surface area contributed by atoms with Crippen molar-refractivity contribution in [1.29, 1.82) is 0 Å². The molecule has 0 saturated carbocycles. The Kier molecular flexibility index (Phi) is 5.16. The Balaban J connectivity index is 2.09. The first-order valence-corrected chi connectivity index (χ1v) is 8.16. The van der Waals surface area contributed by atoms with Crippen LogP contribution in [0.25, 0.3) is 0 Å². The molecule has 0 aliphatic carbocycles. The minimum atomic E-state index is -0.912. The van der Waals surface area contributed by atoms with Gasteiger partial charge in [0.05, 0.1) is 5.92 Å². The first-order chi connectivity index (χ1) is 10.7. The topological polar surface area (TPSA) is 95.9 Å². The van der Waals surface area contributed by atoms with Crippen molar-refractivity contribution < 1.29 is 24.2 Å². The van der Waals surface area contributed by atoms with Crippen LogP contribution in [0, 0.1) is 11.8 Å². The molecule has 3 atom stereocenters. The molecule has 2 amide bonds. The molecule has 2 N–H and O–H groups in total. The second-order valence-corrected chi connectivity index (χ2v) is 7.48. The molecule has 0 spiro atoms. The lowest BCUT2D eigenvalue weighted by molar-refractivity contribution is -0.144. The number of piperidine rings is 2. The van der Waals surface area contributed by atoms with Gasteiger partial charge in [-0.1, -0.05) is 0 Å². The summed E-state index contributed by atoms with van der Waals surface area (Å²) in [4.78, 5) is 36.8. The molecule has 2 fully saturated rings. The van der Waals surface area contributed by atoms with Crippen LogP contribution in [-0.2, 0) is 14.3 Å². The van der Waals surface area contributed by atoms with E-state index < -0.39 is 23.6 Å². The highest BCUT2D eigenvalue weighted by Gasteiger charge is 2.39. The summed E-state index contributed by atoms with van der Waals surface area (Å²) < 4.78 is 5.37. The highest BCUT2D eigenvalue weighted by molar-refractivity contribution is 5.77. The molecule has 130 valence electrons. The van der Waals surface area contributed by atoms with Gasteiger partial charge in [-0.3, -0.25) is 9.59 Å². The summed E-state index contributed by atoms with van der Waals surface area (Å²) in [5.74, 6) is -1.59. The maximum atomic E-state index is 12.3. The molecule has 0 aromatic carbocycles. The summed E-state index contributed by atoms with van der Waals surface area (Å²) in [5.41, 5.74) is -0.623. The second-order valence-electron chi connectivity index (χ2n) is 7.48. The molecule has 7 heteroatoms. The molecule has 0 unspecified atom stereocenters. The van der Waals surface area contributed by atoms with Gasteiger partial charge in [0.1, 0.15) is 5.60 Å². The van der Waals surface area contributed by atoms with Crippen LogP contribution >= 0.6 is 0 Å². The monoisotopic (exact) mass is 326 g/mol.